The zero-order chi connectivity index (χ0) is 17.0. The fourth-order valence-corrected chi connectivity index (χ4v) is 4.59. The summed E-state index contributed by atoms with van der Waals surface area (Å²) in [4.78, 5) is 2.33. The summed E-state index contributed by atoms with van der Waals surface area (Å²) < 4.78 is 26.8. The maximum Gasteiger partial charge on any atom is 0.218 e. The lowest BCUT2D eigenvalue weighted by Crippen LogP contribution is -2.48. The van der Waals surface area contributed by atoms with Gasteiger partial charge in [0.05, 0.1) is 5.75 Å². The molecule has 5 heteroatoms. The molecule has 24 heavy (non-hydrogen) atoms. The Hall–Kier alpha value is -1.69. The zero-order valence-corrected chi connectivity index (χ0v) is 14.9. The van der Waals surface area contributed by atoms with Gasteiger partial charge in [-0.05, 0) is 23.6 Å². The van der Waals surface area contributed by atoms with E-state index < -0.39 is 10.0 Å². The third-order valence-electron chi connectivity index (χ3n) is 4.57. The van der Waals surface area contributed by atoms with Gasteiger partial charge in [0.25, 0.3) is 0 Å². The van der Waals surface area contributed by atoms with Crippen LogP contribution >= 0.6 is 0 Å². The van der Waals surface area contributed by atoms with E-state index in [1.54, 1.807) is 4.31 Å². The number of sulfonamides is 1. The smallest absolute Gasteiger partial charge is 0.218 e. The highest BCUT2D eigenvalue weighted by atomic mass is 32.2. The molecule has 128 valence electrons. The van der Waals surface area contributed by atoms with Crippen molar-refractivity contribution in [3.8, 4) is 0 Å². The molecule has 2 aromatic rings. The summed E-state index contributed by atoms with van der Waals surface area (Å²) in [5, 5.41) is 0. The van der Waals surface area contributed by atoms with Crippen molar-refractivity contribution in [2.75, 3.05) is 26.2 Å². The normalized spacial score (nSPS) is 17.0. The first-order valence-electron chi connectivity index (χ1n) is 8.33. The molecule has 0 unspecified atom stereocenters. The van der Waals surface area contributed by atoms with Crippen LogP contribution in [-0.2, 0) is 22.3 Å². The van der Waals surface area contributed by atoms with Crippen LogP contribution in [0.5, 0.6) is 0 Å². The molecule has 0 spiro atoms. The second-order valence-electron chi connectivity index (χ2n) is 6.34. The third kappa shape index (κ3) is 4.23. The number of hydrogen-bond donors (Lipinski definition) is 0. The molecular weight excluding hydrogens is 320 g/mol. The van der Waals surface area contributed by atoms with Crippen LogP contribution in [0.3, 0.4) is 0 Å². The van der Waals surface area contributed by atoms with Crippen molar-refractivity contribution >= 4 is 10.0 Å². The molecule has 0 radical (unpaired) electrons. The van der Waals surface area contributed by atoms with Crippen molar-refractivity contribution in [2.24, 2.45) is 0 Å². The SMILES string of the molecule is Cc1ccccc1CN1CCN(S(=O)(=O)Cc2ccccc2)CC1. The van der Waals surface area contributed by atoms with Gasteiger partial charge in [0.1, 0.15) is 0 Å². The molecule has 2 aromatic carbocycles. The van der Waals surface area contributed by atoms with Crippen molar-refractivity contribution in [2.45, 2.75) is 19.2 Å². The van der Waals surface area contributed by atoms with Crippen LogP contribution in [0.15, 0.2) is 54.6 Å². The fourth-order valence-electron chi connectivity index (χ4n) is 3.07. The van der Waals surface area contributed by atoms with Gasteiger partial charge in [-0.15, -0.1) is 0 Å². The van der Waals surface area contributed by atoms with E-state index in [-0.39, 0.29) is 5.75 Å². The molecule has 0 bridgehead atoms. The molecule has 0 aromatic heterocycles. The average molecular weight is 344 g/mol. The first kappa shape index (κ1) is 17.1. The van der Waals surface area contributed by atoms with Crippen LogP contribution in [-0.4, -0.2) is 43.8 Å². The Morgan fingerprint density at radius 3 is 2.17 bits per heavy atom. The number of nitrogens with zero attached hydrogens (tertiary/aromatic N) is 2. The van der Waals surface area contributed by atoms with E-state index in [9.17, 15) is 8.42 Å². The van der Waals surface area contributed by atoms with Gasteiger partial charge in [-0.1, -0.05) is 54.6 Å². The highest BCUT2D eigenvalue weighted by Gasteiger charge is 2.27. The highest BCUT2D eigenvalue weighted by molar-refractivity contribution is 7.88. The molecule has 1 heterocycles. The van der Waals surface area contributed by atoms with E-state index in [1.165, 1.54) is 11.1 Å². The molecule has 0 saturated carbocycles. The highest BCUT2D eigenvalue weighted by Crippen LogP contribution is 2.16. The molecule has 4 nitrogen and oxygen atoms in total. The molecule has 3 rings (SSSR count). The Kier molecular flexibility index (Phi) is 5.33. The summed E-state index contributed by atoms with van der Waals surface area (Å²) in [5.41, 5.74) is 3.45. The zero-order valence-electron chi connectivity index (χ0n) is 14.1. The molecule has 1 aliphatic rings. The average Bonchev–Trinajstić information content (AvgIpc) is 2.58. The Morgan fingerprint density at radius 2 is 1.50 bits per heavy atom. The van der Waals surface area contributed by atoms with Crippen molar-refractivity contribution in [3.63, 3.8) is 0 Å². The van der Waals surface area contributed by atoms with Crippen LogP contribution in [0.1, 0.15) is 16.7 Å². The lowest BCUT2D eigenvalue weighted by molar-refractivity contribution is 0.181. The monoisotopic (exact) mass is 344 g/mol. The third-order valence-corrected chi connectivity index (χ3v) is 6.42. The fraction of sp³-hybridized carbons (Fsp3) is 0.368. The van der Waals surface area contributed by atoms with Crippen molar-refractivity contribution < 1.29 is 8.42 Å². The first-order chi connectivity index (χ1) is 11.5. The minimum Gasteiger partial charge on any atom is -0.296 e. The molecule has 1 saturated heterocycles. The van der Waals surface area contributed by atoms with E-state index >= 15 is 0 Å². The topological polar surface area (TPSA) is 40.6 Å². The van der Waals surface area contributed by atoms with Gasteiger partial charge in [0.15, 0.2) is 0 Å². The summed E-state index contributed by atoms with van der Waals surface area (Å²) in [6, 6.07) is 17.8. The van der Waals surface area contributed by atoms with Gasteiger partial charge >= 0.3 is 0 Å². The number of rotatable bonds is 5. The number of benzene rings is 2. The van der Waals surface area contributed by atoms with Crippen LogP contribution < -0.4 is 0 Å². The standard InChI is InChI=1S/C19H24N2O2S/c1-17-7-5-6-10-19(17)15-20-11-13-21(14-12-20)24(22,23)16-18-8-3-2-4-9-18/h2-10H,11-16H2,1H3. The molecule has 1 aliphatic heterocycles. The maximum absolute atomic E-state index is 12.6. The quantitative estimate of drug-likeness (QED) is 0.837. The summed E-state index contributed by atoms with van der Waals surface area (Å²) >= 11 is 0. The molecule has 0 N–H and O–H groups in total. The lowest BCUT2D eigenvalue weighted by Gasteiger charge is -2.34. The first-order valence-corrected chi connectivity index (χ1v) is 9.94. The second-order valence-corrected chi connectivity index (χ2v) is 8.31. The Morgan fingerprint density at radius 1 is 0.875 bits per heavy atom. The van der Waals surface area contributed by atoms with Crippen LogP contribution in [0, 0.1) is 6.92 Å². The van der Waals surface area contributed by atoms with Crippen LogP contribution in [0.25, 0.3) is 0 Å². The van der Waals surface area contributed by atoms with Gasteiger partial charge in [-0.2, -0.15) is 4.31 Å². The Balaban J connectivity index is 1.57. The predicted molar refractivity (Wildman–Crippen MR) is 97.1 cm³/mol. The molecular formula is C19H24N2O2S. The minimum absolute atomic E-state index is 0.0889. The predicted octanol–water partition coefficient (Wildman–Crippen LogP) is 2.64. The Bertz CT molecular complexity index is 767. The summed E-state index contributed by atoms with van der Waals surface area (Å²) in [6.07, 6.45) is 0. The number of piperazine rings is 1. The van der Waals surface area contributed by atoms with E-state index in [2.05, 4.69) is 30.0 Å². The van der Waals surface area contributed by atoms with Gasteiger partial charge in [0.2, 0.25) is 10.0 Å². The molecule has 0 aliphatic carbocycles. The van der Waals surface area contributed by atoms with Crippen molar-refractivity contribution in [1.29, 1.82) is 0 Å². The minimum atomic E-state index is -3.23. The van der Waals surface area contributed by atoms with E-state index in [0.717, 1.165) is 25.2 Å². The molecule has 0 amide bonds. The molecule has 0 atom stereocenters. The maximum atomic E-state index is 12.6. The van der Waals surface area contributed by atoms with E-state index in [0.29, 0.717) is 13.1 Å². The van der Waals surface area contributed by atoms with Gasteiger partial charge < -0.3 is 0 Å². The Labute approximate surface area is 144 Å². The molecule has 1 fully saturated rings. The van der Waals surface area contributed by atoms with Crippen LogP contribution in [0.4, 0.5) is 0 Å². The summed E-state index contributed by atoms with van der Waals surface area (Å²) in [6.45, 7) is 5.71. The lowest BCUT2D eigenvalue weighted by atomic mass is 10.1. The van der Waals surface area contributed by atoms with Gasteiger partial charge in [-0.3, -0.25) is 4.90 Å². The number of aryl methyl sites for hydroxylation is 1. The summed E-state index contributed by atoms with van der Waals surface area (Å²) in [7, 11) is -3.23. The van der Waals surface area contributed by atoms with Crippen molar-refractivity contribution in [3.05, 3.63) is 71.3 Å². The van der Waals surface area contributed by atoms with E-state index in [1.807, 2.05) is 36.4 Å². The van der Waals surface area contributed by atoms with Gasteiger partial charge in [0, 0.05) is 32.7 Å². The number of hydrogen-bond acceptors (Lipinski definition) is 3. The van der Waals surface area contributed by atoms with E-state index in [4.69, 9.17) is 0 Å². The summed E-state index contributed by atoms with van der Waals surface area (Å²) in [5.74, 6) is 0.0889. The second kappa shape index (κ2) is 7.47. The van der Waals surface area contributed by atoms with Crippen molar-refractivity contribution in [1.82, 2.24) is 9.21 Å². The van der Waals surface area contributed by atoms with Gasteiger partial charge in [-0.25, -0.2) is 8.42 Å². The largest absolute Gasteiger partial charge is 0.296 e. The van der Waals surface area contributed by atoms with Crippen LogP contribution in [0.2, 0.25) is 0 Å².